The number of rotatable bonds is 6. The standard InChI is InChI=1S/C16H25NS/c1-2-17(16-10-6-7-11-16)12-15(13-18)14-8-4-3-5-9-14/h3-5,8-9,15-16,18H,2,6-7,10-13H2,1H3. The topological polar surface area (TPSA) is 3.24 Å². The van der Waals surface area contributed by atoms with Crippen LogP contribution in [0.2, 0.25) is 0 Å². The van der Waals surface area contributed by atoms with Crippen molar-refractivity contribution in [3.63, 3.8) is 0 Å². The molecule has 100 valence electrons. The fourth-order valence-corrected chi connectivity index (χ4v) is 3.41. The van der Waals surface area contributed by atoms with Crippen molar-refractivity contribution < 1.29 is 0 Å². The van der Waals surface area contributed by atoms with Gasteiger partial charge in [-0.05, 0) is 30.7 Å². The summed E-state index contributed by atoms with van der Waals surface area (Å²) < 4.78 is 0. The molecule has 1 unspecified atom stereocenters. The molecule has 0 aromatic heterocycles. The van der Waals surface area contributed by atoms with E-state index in [2.05, 4.69) is 54.8 Å². The Morgan fingerprint density at radius 2 is 1.89 bits per heavy atom. The van der Waals surface area contributed by atoms with E-state index in [1.165, 1.54) is 37.8 Å². The van der Waals surface area contributed by atoms with Crippen molar-refractivity contribution >= 4 is 12.6 Å². The number of thiol groups is 1. The lowest BCUT2D eigenvalue weighted by Gasteiger charge is -2.31. The van der Waals surface area contributed by atoms with Gasteiger partial charge in [-0.2, -0.15) is 12.6 Å². The molecule has 0 amide bonds. The molecule has 0 N–H and O–H groups in total. The molecule has 0 radical (unpaired) electrons. The first-order chi connectivity index (χ1) is 8.85. The SMILES string of the molecule is CCN(CC(CS)c1ccccc1)C1CCCC1. The van der Waals surface area contributed by atoms with Gasteiger partial charge in [-0.1, -0.05) is 50.1 Å². The molecule has 2 heteroatoms. The Morgan fingerprint density at radius 3 is 2.44 bits per heavy atom. The molecule has 1 aromatic rings. The lowest BCUT2D eigenvalue weighted by Crippen LogP contribution is -2.36. The van der Waals surface area contributed by atoms with Crippen LogP contribution in [0.5, 0.6) is 0 Å². The largest absolute Gasteiger partial charge is 0.300 e. The van der Waals surface area contributed by atoms with Crippen LogP contribution < -0.4 is 0 Å². The van der Waals surface area contributed by atoms with Crippen LogP contribution in [-0.4, -0.2) is 29.8 Å². The van der Waals surface area contributed by atoms with Gasteiger partial charge in [0, 0.05) is 18.5 Å². The second kappa shape index (κ2) is 7.20. The normalized spacial score (nSPS) is 18.4. The second-order valence-electron chi connectivity index (χ2n) is 5.32. The number of hydrogen-bond acceptors (Lipinski definition) is 2. The molecule has 1 aliphatic rings. The van der Waals surface area contributed by atoms with E-state index in [1.807, 2.05) is 0 Å². The van der Waals surface area contributed by atoms with E-state index < -0.39 is 0 Å². The van der Waals surface area contributed by atoms with Gasteiger partial charge in [0.2, 0.25) is 0 Å². The summed E-state index contributed by atoms with van der Waals surface area (Å²) in [7, 11) is 0. The third-order valence-corrected chi connectivity index (χ3v) is 4.63. The van der Waals surface area contributed by atoms with Crippen molar-refractivity contribution in [1.82, 2.24) is 4.90 Å². The fourth-order valence-electron chi connectivity index (χ4n) is 3.08. The Kier molecular flexibility index (Phi) is 5.58. The van der Waals surface area contributed by atoms with Gasteiger partial charge in [0.15, 0.2) is 0 Å². The smallest absolute Gasteiger partial charge is 0.00953 e. The van der Waals surface area contributed by atoms with Gasteiger partial charge in [-0.15, -0.1) is 0 Å². The summed E-state index contributed by atoms with van der Waals surface area (Å²) in [4.78, 5) is 2.67. The number of likely N-dealkylation sites (N-methyl/N-ethyl adjacent to an activating group) is 1. The Bertz CT molecular complexity index is 332. The van der Waals surface area contributed by atoms with E-state index in [1.54, 1.807) is 0 Å². The van der Waals surface area contributed by atoms with Crippen LogP contribution in [0.1, 0.15) is 44.1 Å². The summed E-state index contributed by atoms with van der Waals surface area (Å²) >= 11 is 4.56. The van der Waals surface area contributed by atoms with E-state index >= 15 is 0 Å². The van der Waals surface area contributed by atoms with Crippen molar-refractivity contribution in [2.45, 2.75) is 44.6 Å². The predicted molar refractivity (Wildman–Crippen MR) is 82.5 cm³/mol. The molecule has 0 bridgehead atoms. The van der Waals surface area contributed by atoms with E-state index in [-0.39, 0.29) is 0 Å². The molecular weight excluding hydrogens is 238 g/mol. The van der Waals surface area contributed by atoms with Crippen molar-refractivity contribution in [1.29, 1.82) is 0 Å². The van der Waals surface area contributed by atoms with Crippen LogP contribution in [0, 0.1) is 0 Å². The first-order valence-electron chi connectivity index (χ1n) is 7.25. The zero-order valence-electron chi connectivity index (χ0n) is 11.4. The van der Waals surface area contributed by atoms with Crippen LogP contribution in [-0.2, 0) is 0 Å². The molecule has 2 rings (SSSR count). The molecule has 1 saturated carbocycles. The van der Waals surface area contributed by atoms with Crippen molar-refractivity contribution in [2.24, 2.45) is 0 Å². The monoisotopic (exact) mass is 263 g/mol. The summed E-state index contributed by atoms with van der Waals surface area (Å²) in [5, 5.41) is 0. The Balaban J connectivity index is 2.00. The van der Waals surface area contributed by atoms with Gasteiger partial charge in [0.05, 0.1) is 0 Å². The van der Waals surface area contributed by atoms with Crippen LogP contribution in [0.15, 0.2) is 30.3 Å². The van der Waals surface area contributed by atoms with Gasteiger partial charge in [-0.25, -0.2) is 0 Å². The van der Waals surface area contributed by atoms with Crippen molar-refractivity contribution in [2.75, 3.05) is 18.8 Å². The molecule has 0 heterocycles. The molecule has 1 atom stereocenters. The van der Waals surface area contributed by atoms with Gasteiger partial charge in [-0.3, -0.25) is 0 Å². The highest BCUT2D eigenvalue weighted by Gasteiger charge is 2.23. The molecule has 1 fully saturated rings. The lowest BCUT2D eigenvalue weighted by atomic mass is 9.99. The number of nitrogens with zero attached hydrogens (tertiary/aromatic N) is 1. The van der Waals surface area contributed by atoms with Gasteiger partial charge in [0.25, 0.3) is 0 Å². The predicted octanol–water partition coefficient (Wildman–Crippen LogP) is 3.96. The van der Waals surface area contributed by atoms with Crippen LogP contribution >= 0.6 is 12.6 Å². The average molecular weight is 263 g/mol. The Morgan fingerprint density at radius 1 is 1.22 bits per heavy atom. The molecule has 1 nitrogen and oxygen atoms in total. The van der Waals surface area contributed by atoms with Gasteiger partial charge in [0.1, 0.15) is 0 Å². The number of benzene rings is 1. The zero-order valence-corrected chi connectivity index (χ0v) is 12.3. The van der Waals surface area contributed by atoms with Crippen LogP contribution in [0.3, 0.4) is 0 Å². The molecule has 18 heavy (non-hydrogen) atoms. The summed E-state index contributed by atoms with van der Waals surface area (Å²) in [5.41, 5.74) is 1.43. The summed E-state index contributed by atoms with van der Waals surface area (Å²) in [6.07, 6.45) is 5.61. The second-order valence-corrected chi connectivity index (χ2v) is 5.68. The molecule has 1 aromatic carbocycles. The summed E-state index contributed by atoms with van der Waals surface area (Å²) in [6.45, 7) is 4.62. The highest BCUT2D eigenvalue weighted by molar-refractivity contribution is 7.80. The molecule has 0 aliphatic heterocycles. The third-order valence-electron chi connectivity index (χ3n) is 4.19. The van der Waals surface area contributed by atoms with E-state index in [0.29, 0.717) is 5.92 Å². The maximum Gasteiger partial charge on any atom is 0.00953 e. The Hall–Kier alpha value is -0.470. The van der Waals surface area contributed by atoms with Crippen molar-refractivity contribution in [3.8, 4) is 0 Å². The summed E-state index contributed by atoms with van der Waals surface area (Å²) in [6, 6.07) is 11.7. The van der Waals surface area contributed by atoms with Crippen molar-refractivity contribution in [3.05, 3.63) is 35.9 Å². The van der Waals surface area contributed by atoms with Gasteiger partial charge < -0.3 is 4.90 Å². The molecule has 1 aliphatic carbocycles. The first-order valence-corrected chi connectivity index (χ1v) is 7.88. The van der Waals surface area contributed by atoms with E-state index in [0.717, 1.165) is 18.3 Å². The van der Waals surface area contributed by atoms with Crippen LogP contribution in [0.25, 0.3) is 0 Å². The van der Waals surface area contributed by atoms with Crippen LogP contribution in [0.4, 0.5) is 0 Å². The molecular formula is C16H25NS. The quantitative estimate of drug-likeness (QED) is 0.760. The molecule has 0 saturated heterocycles. The zero-order chi connectivity index (χ0) is 12.8. The number of hydrogen-bond donors (Lipinski definition) is 1. The van der Waals surface area contributed by atoms with E-state index in [9.17, 15) is 0 Å². The third kappa shape index (κ3) is 3.52. The minimum atomic E-state index is 0.565. The fraction of sp³-hybridized carbons (Fsp3) is 0.625. The summed E-state index contributed by atoms with van der Waals surface area (Å²) in [5.74, 6) is 1.50. The van der Waals surface area contributed by atoms with E-state index in [4.69, 9.17) is 0 Å². The Labute approximate surface area is 117 Å². The minimum Gasteiger partial charge on any atom is -0.300 e. The minimum absolute atomic E-state index is 0.565. The maximum atomic E-state index is 4.56. The first kappa shape index (κ1) is 14.0. The molecule has 0 spiro atoms. The van der Waals surface area contributed by atoms with Gasteiger partial charge >= 0.3 is 0 Å². The average Bonchev–Trinajstić information content (AvgIpc) is 2.95. The maximum absolute atomic E-state index is 4.56. The highest BCUT2D eigenvalue weighted by Crippen LogP contribution is 2.26. The highest BCUT2D eigenvalue weighted by atomic mass is 32.1. The lowest BCUT2D eigenvalue weighted by molar-refractivity contribution is 0.200.